The van der Waals surface area contributed by atoms with E-state index in [9.17, 15) is 13.6 Å². The lowest BCUT2D eigenvalue weighted by molar-refractivity contribution is 0.0492. The third kappa shape index (κ3) is 3.61. The van der Waals surface area contributed by atoms with Gasteiger partial charge in [0.15, 0.2) is 23.1 Å². The maximum Gasteiger partial charge on any atom is 0.357 e. The largest absolute Gasteiger partial charge is 0.493 e. The van der Waals surface area contributed by atoms with Crippen LogP contribution in [0.15, 0.2) is 12.1 Å². The average Bonchev–Trinajstić information content (AvgIpc) is 2.61. The van der Waals surface area contributed by atoms with Crippen LogP contribution in [0, 0.1) is 25.5 Å². The van der Waals surface area contributed by atoms with E-state index in [1.807, 2.05) is 6.92 Å². The highest BCUT2D eigenvalue weighted by atomic mass is 19.1. The van der Waals surface area contributed by atoms with E-state index >= 15 is 0 Å². The molecule has 5 nitrogen and oxygen atoms in total. The molecule has 2 aromatic rings. The normalized spacial score (nSPS) is 10.7. The Hall–Kier alpha value is -2.70. The monoisotopic (exact) mass is 364 g/mol. The first-order valence-electron chi connectivity index (χ1n) is 8.29. The zero-order valence-corrected chi connectivity index (χ0v) is 15.3. The zero-order chi connectivity index (χ0) is 19.4. The third-order valence-corrected chi connectivity index (χ3v) is 4.10. The molecule has 1 aromatic heterocycles. The minimum atomic E-state index is -0.891. The van der Waals surface area contributed by atoms with Crippen molar-refractivity contribution < 1.29 is 23.0 Å². The first-order chi connectivity index (χ1) is 12.3. The van der Waals surface area contributed by atoms with Gasteiger partial charge in [-0.3, -0.25) is 0 Å². The van der Waals surface area contributed by atoms with E-state index in [0.29, 0.717) is 12.0 Å². The SMILES string of the molecule is CCCCOC(=O)c1nc(-c2ccc(C)c(OC)c2F)c(F)c(N)c1C. The Balaban J connectivity index is 2.59. The van der Waals surface area contributed by atoms with Gasteiger partial charge in [-0.05, 0) is 31.9 Å². The number of hydrogen-bond acceptors (Lipinski definition) is 5. The molecular weight excluding hydrogens is 342 g/mol. The summed E-state index contributed by atoms with van der Waals surface area (Å²) < 4.78 is 39.5. The summed E-state index contributed by atoms with van der Waals surface area (Å²) in [6, 6.07) is 2.95. The topological polar surface area (TPSA) is 74.4 Å². The fourth-order valence-corrected chi connectivity index (χ4v) is 2.51. The number of carbonyl (C=O) groups excluding carboxylic acids is 1. The molecule has 0 unspecified atom stereocenters. The van der Waals surface area contributed by atoms with Gasteiger partial charge in [-0.15, -0.1) is 0 Å². The van der Waals surface area contributed by atoms with Gasteiger partial charge in [-0.25, -0.2) is 18.6 Å². The van der Waals surface area contributed by atoms with Crippen molar-refractivity contribution in [3.05, 3.63) is 40.6 Å². The summed E-state index contributed by atoms with van der Waals surface area (Å²) >= 11 is 0. The summed E-state index contributed by atoms with van der Waals surface area (Å²) in [5.41, 5.74) is 5.60. The number of nitrogen functional groups attached to an aromatic ring is 1. The Morgan fingerprint density at radius 3 is 2.54 bits per heavy atom. The molecule has 1 heterocycles. The Morgan fingerprint density at radius 2 is 1.92 bits per heavy atom. The number of pyridine rings is 1. The maximum absolute atomic E-state index is 14.7. The summed E-state index contributed by atoms with van der Waals surface area (Å²) in [6.07, 6.45) is 1.54. The van der Waals surface area contributed by atoms with Gasteiger partial charge in [0, 0.05) is 11.1 Å². The number of rotatable bonds is 6. The van der Waals surface area contributed by atoms with Crippen LogP contribution in [-0.4, -0.2) is 24.7 Å². The van der Waals surface area contributed by atoms with Crippen LogP contribution < -0.4 is 10.5 Å². The second kappa shape index (κ2) is 8.12. The van der Waals surface area contributed by atoms with Gasteiger partial charge in [0.05, 0.1) is 19.4 Å². The fraction of sp³-hybridized carbons (Fsp3) is 0.368. The minimum Gasteiger partial charge on any atom is -0.493 e. The molecule has 0 bridgehead atoms. The first kappa shape index (κ1) is 19.6. The minimum absolute atomic E-state index is 0.0186. The third-order valence-electron chi connectivity index (χ3n) is 4.10. The standard InChI is InChI=1S/C19H22F2N2O3/c1-5-6-9-26-19(24)16-11(3)15(22)14(21)17(23-16)12-8-7-10(2)18(25-4)13(12)20/h7-8H,5-6,9H2,1-4H3,(H2,22,23). The molecular formula is C19H22F2N2O3. The first-order valence-corrected chi connectivity index (χ1v) is 8.29. The lowest BCUT2D eigenvalue weighted by atomic mass is 10.0. The van der Waals surface area contributed by atoms with Crippen molar-refractivity contribution in [3.63, 3.8) is 0 Å². The zero-order valence-electron chi connectivity index (χ0n) is 15.3. The number of ether oxygens (including phenoxy) is 2. The predicted octanol–water partition coefficient (Wildman–Crippen LogP) is 4.19. The van der Waals surface area contributed by atoms with Gasteiger partial charge in [-0.2, -0.15) is 0 Å². The van der Waals surface area contributed by atoms with Crippen LogP contribution in [0.3, 0.4) is 0 Å². The molecule has 7 heteroatoms. The molecule has 0 fully saturated rings. The van der Waals surface area contributed by atoms with E-state index in [1.165, 1.54) is 20.1 Å². The molecule has 1 aromatic carbocycles. The lowest BCUT2D eigenvalue weighted by Gasteiger charge is -2.14. The summed E-state index contributed by atoms with van der Waals surface area (Å²) in [6.45, 7) is 5.31. The number of aryl methyl sites for hydroxylation is 1. The Morgan fingerprint density at radius 1 is 1.23 bits per heavy atom. The summed E-state index contributed by atoms with van der Waals surface area (Å²) in [7, 11) is 1.32. The molecule has 0 amide bonds. The number of carbonyl (C=O) groups is 1. The number of halogens is 2. The Kier molecular flexibility index (Phi) is 6.13. The van der Waals surface area contributed by atoms with Crippen LogP contribution in [0.25, 0.3) is 11.3 Å². The average molecular weight is 364 g/mol. The molecule has 2 rings (SSSR count). The molecule has 26 heavy (non-hydrogen) atoms. The van der Waals surface area contributed by atoms with E-state index < -0.39 is 17.6 Å². The Bertz CT molecular complexity index is 838. The number of anilines is 1. The van der Waals surface area contributed by atoms with Crippen LogP contribution in [0.1, 0.15) is 41.4 Å². The smallest absolute Gasteiger partial charge is 0.357 e. The number of nitrogens with two attached hydrogens (primary N) is 1. The molecule has 0 aliphatic heterocycles. The van der Waals surface area contributed by atoms with Crippen molar-refractivity contribution in [3.8, 4) is 17.0 Å². The van der Waals surface area contributed by atoms with Crippen LogP contribution in [0.4, 0.5) is 14.5 Å². The van der Waals surface area contributed by atoms with Crippen molar-refractivity contribution >= 4 is 11.7 Å². The number of esters is 1. The molecule has 0 radical (unpaired) electrons. The van der Waals surface area contributed by atoms with Crippen LogP contribution >= 0.6 is 0 Å². The highest BCUT2D eigenvalue weighted by molar-refractivity contribution is 5.91. The predicted molar refractivity (Wildman–Crippen MR) is 95.2 cm³/mol. The van der Waals surface area contributed by atoms with E-state index in [4.69, 9.17) is 15.2 Å². The molecule has 0 saturated heterocycles. The van der Waals surface area contributed by atoms with E-state index in [-0.39, 0.29) is 40.6 Å². The second-order valence-electron chi connectivity index (χ2n) is 5.93. The molecule has 0 atom stereocenters. The van der Waals surface area contributed by atoms with Gasteiger partial charge in [0.1, 0.15) is 5.69 Å². The summed E-state index contributed by atoms with van der Waals surface area (Å²) in [4.78, 5) is 16.3. The molecule has 2 N–H and O–H groups in total. The number of hydrogen-bond donors (Lipinski definition) is 1. The number of nitrogens with zero attached hydrogens (tertiary/aromatic N) is 1. The molecule has 0 aliphatic rings. The lowest BCUT2D eigenvalue weighted by Crippen LogP contribution is -2.14. The Labute approximate surface area is 151 Å². The maximum atomic E-state index is 14.7. The number of methoxy groups -OCH3 is 1. The van der Waals surface area contributed by atoms with Gasteiger partial charge < -0.3 is 15.2 Å². The highest BCUT2D eigenvalue weighted by Crippen LogP contribution is 2.35. The van der Waals surface area contributed by atoms with Crippen molar-refractivity contribution in [2.75, 3.05) is 19.5 Å². The summed E-state index contributed by atoms with van der Waals surface area (Å²) in [5.74, 6) is -2.40. The van der Waals surface area contributed by atoms with Crippen molar-refractivity contribution in [1.82, 2.24) is 4.98 Å². The number of benzene rings is 1. The van der Waals surface area contributed by atoms with Crippen LogP contribution in [0.5, 0.6) is 5.75 Å². The van der Waals surface area contributed by atoms with Gasteiger partial charge in [0.2, 0.25) is 0 Å². The number of unbranched alkanes of at least 4 members (excludes halogenated alkanes) is 1. The van der Waals surface area contributed by atoms with E-state index in [1.54, 1.807) is 13.0 Å². The highest BCUT2D eigenvalue weighted by Gasteiger charge is 2.24. The van der Waals surface area contributed by atoms with Crippen LogP contribution in [-0.2, 0) is 4.74 Å². The van der Waals surface area contributed by atoms with Crippen molar-refractivity contribution in [2.24, 2.45) is 0 Å². The number of aromatic nitrogens is 1. The van der Waals surface area contributed by atoms with E-state index in [2.05, 4.69) is 4.98 Å². The van der Waals surface area contributed by atoms with Crippen molar-refractivity contribution in [2.45, 2.75) is 33.6 Å². The summed E-state index contributed by atoms with van der Waals surface area (Å²) in [5, 5.41) is 0. The molecule has 140 valence electrons. The van der Waals surface area contributed by atoms with E-state index in [0.717, 1.165) is 6.42 Å². The molecule has 0 aliphatic carbocycles. The van der Waals surface area contributed by atoms with Crippen molar-refractivity contribution in [1.29, 1.82) is 0 Å². The van der Waals surface area contributed by atoms with Crippen LogP contribution in [0.2, 0.25) is 0 Å². The van der Waals surface area contributed by atoms with Gasteiger partial charge in [-0.1, -0.05) is 19.4 Å². The fourth-order valence-electron chi connectivity index (χ4n) is 2.51. The molecule has 0 spiro atoms. The van der Waals surface area contributed by atoms with Gasteiger partial charge >= 0.3 is 5.97 Å². The quantitative estimate of drug-likeness (QED) is 0.614. The van der Waals surface area contributed by atoms with Gasteiger partial charge in [0.25, 0.3) is 0 Å². The molecule has 0 saturated carbocycles. The second-order valence-corrected chi connectivity index (χ2v) is 5.93.